The van der Waals surface area contributed by atoms with Crippen LogP contribution in [0.15, 0.2) is 169 Å². The first-order valence-corrected chi connectivity index (χ1v) is 21.5. The van der Waals surface area contributed by atoms with Crippen molar-refractivity contribution in [3.8, 4) is 0 Å². The van der Waals surface area contributed by atoms with E-state index in [2.05, 4.69) is 10.0 Å². The molecular weight excluding hydrogens is 831 g/mol. The Morgan fingerprint density at radius 1 is 0.585 bits per heavy atom. The van der Waals surface area contributed by atoms with Crippen molar-refractivity contribution in [1.82, 2.24) is 0 Å². The zero-order valence-corrected chi connectivity index (χ0v) is 35.2. The van der Waals surface area contributed by atoms with Crippen LogP contribution in [0.3, 0.4) is 0 Å². The van der Waals surface area contributed by atoms with Gasteiger partial charge in [0.25, 0.3) is 0 Å². The molecule has 0 aromatic heterocycles. The third-order valence-electron chi connectivity index (χ3n) is 11.6. The van der Waals surface area contributed by atoms with Gasteiger partial charge in [0.2, 0.25) is 0 Å². The number of hydrogen-bond acceptors (Lipinski definition) is 12. The van der Waals surface area contributed by atoms with Crippen LogP contribution in [0.2, 0.25) is 0 Å². The molecule has 0 saturated carbocycles. The summed E-state index contributed by atoms with van der Waals surface area (Å²) in [5, 5.41) is 6.36. The van der Waals surface area contributed by atoms with Gasteiger partial charge in [-0.25, -0.2) is 9.59 Å². The first kappa shape index (κ1) is 43.8. The highest BCUT2D eigenvalue weighted by atomic mass is 16.8. The zero-order valence-electron chi connectivity index (χ0n) is 35.2. The van der Waals surface area contributed by atoms with Crippen molar-refractivity contribution in [2.75, 3.05) is 13.2 Å². The smallest absolute Gasteiger partial charge is 0.338 e. The Morgan fingerprint density at radius 2 is 1.15 bits per heavy atom. The van der Waals surface area contributed by atoms with Gasteiger partial charge in [-0.05, 0) is 63.3 Å². The summed E-state index contributed by atoms with van der Waals surface area (Å²) in [6, 6.07) is 49.1. The fourth-order valence-corrected chi connectivity index (χ4v) is 8.32. The van der Waals surface area contributed by atoms with Gasteiger partial charge in [0.1, 0.15) is 49.3 Å². The summed E-state index contributed by atoms with van der Waals surface area (Å²) in [5.74, 6) is -1.19. The molecule has 3 saturated heterocycles. The maximum atomic E-state index is 13.6. The number of azide groups is 1. The number of nitrogens with zero attached hydrogens (tertiary/aromatic N) is 3. The molecule has 2 bridgehead atoms. The molecule has 14 nitrogen and oxygen atoms in total. The number of carbonyl (C=O) groups excluding carboxylic acids is 2. The van der Waals surface area contributed by atoms with Crippen LogP contribution in [0.1, 0.15) is 37.4 Å². The minimum atomic E-state index is -1.35. The Balaban J connectivity index is 1.06. The predicted molar refractivity (Wildman–Crippen MR) is 236 cm³/mol. The Labute approximate surface area is 375 Å². The van der Waals surface area contributed by atoms with E-state index in [0.717, 1.165) is 27.5 Å². The molecule has 9 rings (SSSR count). The van der Waals surface area contributed by atoms with E-state index in [9.17, 15) is 15.1 Å². The molecule has 0 aliphatic carbocycles. The summed E-state index contributed by atoms with van der Waals surface area (Å²) in [5.41, 5.74) is 13.4. The summed E-state index contributed by atoms with van der Waals surface area (Å²) < 4.78 is 58.2. The molecule has 3 aliphatic heterocycles. The number of rotatable bonds is 17. The highest BCUT2D eigenvalue weighted by Crippen LogP contribution is 2.38. The molecule has 10 atom stereocenters. The number of carbonyl (C=O) groups is 2. The molecule has 65 heavy (non-hydrogen) atoms. The molecule has 0 radical (unpaired) electrons. The van der Waals surface area contributed by atoms with Gasteiger partial charge in [-0.15, -0.1) is 0 Å². The van der Waals surface area contributed by atoms with E-state index in [1.165, 1.54) is 0 Å². The topological polar surface area (TPSA) is 166 Å². The molecule has 14 heteroatoms. The monoisotopic (exact) mass is 877 g/mol. The van der Waals surface area contributed by atoms with Gasteiger partial charge in [-0.2, -0.15) is 0 Å². The molecule has 3 heterocycles. The average Bonchev–Trinajstić information content (AvgIpc) is 3.80. The van der Waals surface area contributed by atoms with Gasteiger partial charge in [0.15, 0.2) is 18.7 Å². The van der Waals surface area contributed by atoms with Gasteiger partial charge in [0.05, 0.1) is 37.6 Å². The standard InChI is InChI=1S/C51H47N3O11/c52-54-53-42-45(58-28-33-15-5-1-6-16-33)43(57-30-35-25-26-36-19-13-14-24-39(36)27-35)40(31-60-48(55)37-20-9-3-10-21-37)62-50(42)65-44-41-32-61-51(63-41)47(64-49(56)38-22-11-4-12-23-38)46(44)59-29-34-17-7-2-8-18-34/h1-27,40-47,50-51H,28-32H2/t40-,41+,42-,43-,44-,45-,46+,47-,50+,51+/m1/s1. The normalized spacial score (nSPS) is 25.9. The van der Waals surface area contributed by atoms with Gasteiger partial charge < -0.3 is 42.6 Å². The first-order valence-electron chi connectivity index (χ1n) is 21.5. The SMILES string of the molecule is [N-]=[N+]=N[C@H]1[C@H](O[C@H]2[C@H](OCc3ccccc3)[C@@H](OC(=O)c3ccccc3)[C@H]3OC[C@@H]2O3)O[C@H](COC(=O)c2ccccc2)[C@@H](OCc2ccc3ccccc3c2)[C@@H]1OCc1ccccc1. The molecule has 3 aliphatic rings. The summed E-state index contributed by atoms with van der Waals surface area (Å²) >= 11 is 0. The number of fused-ring (bicyclic) bond motifs is 3. The summed E-state index contributed by atoms with van der Waals surface area (Å²) in [4.78, 5) is 30.3. The van der Waals surface area contributed by atoms with Gasteiger partial charge >= 0.3 is 11.9 Å². The van der Waals surface area contributed by atoms with Crippen molar-refractivity contribution in [1.29, 1.82) is 0 Å². The largest absolute Gasteiger partial charge is 0.459 e. The Morgan fingerprint density at radius 3 is 1.82 bits per heavy atom. The lowest BCUT2D eigenvalue weighted by Crippen LogP contribution is -2.64. The molecular formula is C51H47N3O11. The van der Waals surface area contributed by atoms with Gasteiger partial charge in [0, 0.05) is 4.91 Å². The second-order valence-electron chi connectivity index (χ2n) is 15.9. The minimum absolute atomic E-state index is 0.0718. The molecule has 332 valence electrons. The number of benzene rings is 6. The second-order valence-corrected chi connectivity index (χ2v) is 15.9. The van der Waals surface area contributed by atoms with E-state index < -0.39 is 73.3 Å². The van der Waals surface area contributed by atoms with Crippen LogP contribution in [-0.2, 0) is 62.5 Å². The number of hydrogen-bond donors (Lipinski definition) is 0. The fourth-order valence-electron chi connectivity index (χ4n) is 8.32. The van der Waals surface area contributed by atoms with Crippen LogP contribution < -0.4 is 0 Å². The van der Waals surface area contributed by atoms with E-state index >= 15 is 0 Å². The minimum Gasteiger partial charge on any atom is -0.459 e. The summed E-state index contributed by atoms with van der Waals surface area (Å²) in [6.07, 6.45) is -9.11. The number of ether oxygens (including phenoxy) is 9. The fraction of sp³-hybridized carbons (Fsp3) is 0.294. The highest BCUT2D eigenvalue weighted by molar-refractivity contribution is 5.90. The molecule has 0 spiro atoms. The highest BCUT2D eigenvalue weighted by Gasteiger charge is 2.57. The van der Waals surface area contributed by atoms with Crippen LogP contribution in [-0.4, -0.2) is 86.5 Å². The van der Waals surface area contributed by atoms with Crippen molar-refractivity contribution in [2.45, 2.75) is 81.2 Å². The lowest BCUT2D eigenvalue weighted by atomic mass is 9.95. The predicted octanol–water partition coefficient (Wildman–Crippen LogP) is 8.52. The zero-order chi connectivity index (χ0) is 44.4. The Bertz CT molecular complexity index is 2550. The molecule has 6 aromatic carbocycles. The van der Waals surface area contributed by atoms with E-state index in [1.807, 2.05) is 103 Å². The maximum Gasteiger partial charge on any atom is 0.338 e. The summed E-state index contributed by atoms with van der Waals surface area (Å²) in [7, 11) is 0. The van der Waals surface area contributed by atoms with Crippen molar-refractivity contribution in [2.24, 2.45) is 5.11 Å². The molecule has 3 fully saturated rings. The molecule has 0 amide bonds. The average molecular weight is 878 g/mol. The molecule has 0 unspecified atom stereocenters. The molecule has 6 aromatic rings. The van der Waals surface area contributed by atoms with Crippen LogP contribution in [0.25, 0.3) is 21.2 Å². The van der Waals surface area contributed by atoms with E-state index in [0.29, 0.717) is 11.1 Å². The van der Waals surface area contributed by atoms with E-state index in [-0.39, 0.29) is 33.0 Å². The third-order valence-corrected chi connectivity index (χ3v) is 11.6. The van der Waals surface area contributed by atoms with Crippen LogP contribution in [0, 0.1) is 0 Å². The summed E-state index contributed by atoms with van der Waals surface area (Å²) in [6.45, 7) is 0.129. The molecule has 0 N–H and O–H groups in total. The van der Waals surface area contributed by atoms with Gasteiger partial charge in [-0.3, -0.25) is 0 Å². The lowest BCUT2D eigenvalue weighted by Gasteiger charge is -2.47. The Hall–Kier alpha value is -6.45. The number of esters is 2. The van der Waals surface area contributed by atoms with E-state index in [4.69, 9.17) is 42.6 Å². The second kappa shape index (κ2) is 21.0. The lowest BCUT2D eigenvalue weighted by molar-refractivity contribution is -0.326. The quantitative estimate of drug-likeness (QED) is 0.0373. The maximum absolute atomic E-state index is 13.6. The van der Waals surface area contributed by atoms with Crippen LogP contribution in [0.5, 0.6) is 0 Å². The van der Waals surface area contributed by atoms with Crippen molar-refractivity contribution < 1.29 is 52.2 Å². The van der Waals surface area contributed by atoms with Crippen LogP contribution in [0.4, 0.5) is 0 Å². The van der Waals surface area contributed by atoms with Crippen molar-refractivity contribution >= 4 is 22.7 Å². The van der Waals surface area contributed by atoms with Gasteiger partial charge in [-0.1, -0.05) is 139 Å². The van der Waals surface area contributed by atoms with Crippen molar-refractivity contribution in [3.05, 3.63) is 202 Å². The third kappa shape index (κ3) is 10.6. The van der Waals surface area contributed by atoms with Crippen LogP contribution >= 0.6 is 0 Å². The Kier molecular flexibility index (Phi) is 14.2. The van der Waals surface area contributed by atoms with Crippen molar-refractivity contribution in [3.63, 3.8) is 0 Å². The van der Waals surface area contributed by atoms with E-state index in [1.54, 1.807) is 60.7 Å². The first-order chi connectivity index (χ1) is 32.0.